The number of aliphatic imine (C=N–C) groups is 1. The summed E-state index contributed by atoms with van der Waals surface area (Å²) in [5.41, 5.74) is 2.35. The Balaban J connectivity index is 1.47. The van der Waals surface area contributed by atoms with E-state index in [4.69, 9.17) is 20.5 Å². The van der Waals surface area contributed by atoms with Gasteiger partial charge >= 0.3 is 6.87 Å². The summed E-state index contributed by atoms with van der Waals surface area (Å²) in [5, 5.41) is 3.94. The molecule has 4 unspecified atom stereocenters. The summed E-state index contributed by atoms with van der Waals surface area (Å²) >= 11 is 6.32. The Morgan fingerprint density at radius 3 is 2.24 bits per heavy atom. The molecule has 0 radical (unpaired) electrons. The Kier molecular flexibility index (Phi) is 10.4. The molecule has 6 rings (SSSR count). The molecular formula is C35H38ClN8O5P. The largest absolute Gasteiger partial charge is 0.369 e. The second-order valence-corrected chi connectivity index (χ2v) is 15.6. The number of H-pyrrole nitrogens is 1. The minimum atomic E-state index is -3.66. The van der Waals surface area contributed by atoms with E-state index in [1.807, 2.05) is 86.9 Å². The summed E-state index contributed by atoms with van der Waals surface area (Å²) in [7, 11) is 6.78. The second kappa shape index (κ2) is 14.8. The zero-order valence-corrected chi connectivity index (χ0v) is 29.7. The van der Waals surface area contributed by atoms with Gasteiger partial charge < -0.3 is 14.2 Å². The van der Waals surface area contributed by atoms with Gasteiger partial charge in [-0.3, -0.25) is 29.0 Å². The number of fused-ring (bicyclic) bond motifs is 1. The normalized spacial score (nSPS) is 19.3. The second-order valence-electron chi connectivity index (χ2n) is 12.4. The first-order chi connectivity index (χ1) is 24.0. The van der Waals surface area contributed by atoms with Crippen molar-refractivity contribution in [3.63, 3.8) is 0 Å². The van der Waals surface area contributed by atoms with Crippen LogP contribution in [-0.4, -0.2) is 88.7 Å². The first-order valence-corrected chi connectivity index (χ1v) is 18.4. The van der Waals surface area contributed by atoms with Gasteiger partial charge in [0.15, 0.2) is 11.2 Å². The topological polar surface area (TPSA) is 147 Å². The number of carbonyl (C=O) groups is 1. The fraction of sp³-hybridized carbons (Fsp3) is 0.286. The fourth-order valence-corrected chi connectivity index (χ4v) is 6.79. The van der Waals surface area contributed by atoms with Crippen molar-refractivity contribution in [3.05, 3.63) is 124 Å². The summed E-state index contributed by atoms with van der Waals surface area (Å²) in [6.07, 6.45) is 2.89. The van der Waals surface area contributed by atoms with Crippen molar-refractivity contribution in [2.24, 2.45) is 4.99 Å². The maximum absolute atomic E-state index is 13.1. The molecule has 3 heterocycles. The Bertz CT molecular complexity index is 2030. The van der Waals surface area contributed by atoms with Gasteiger partial charge in [-0.1, -0.05) is 84.9 Å². The number of ether oxygens (including phenoxy) is 1. The lowest BCUT2D eigenvalue weighted by Crippen LogP contribution is -2.53. The molecule has 260 valence electrons. The molecule has 3 aromatic carbocycles. The third-order valence-corrected chi connectivity index (χ3v) is 11.2. The van der Waals surface area contributed by atoms with Gasteiger partial charge in [-0.05, 0) is 42.0 Å². The van der Waals surface area contributed by atoms with Gasteiger partial charge in [0.05, 0.1) is 30.9 Å². The summed E-state index contributed by atoms with van der Waals surface area (Å²) in [6.45, 7) is -3.77. The quantitative estimate of drug-likeness (QED) is 0.0540. The summed E-state index contributed by atoms with van der Waals surface area (Å²) < 4.78 is 28.7. The van der Waals surface area contributed by atoms with Gasteiger partial charge in [-0.25, -0.2) is 14.6 Å². The van der Waals surface area contributed by atoms with Crippen molar-refractivity contribution < 1.29 is 18.6 Å². The van der Waals surface area contributed by atoms with E-state index >= 15 is 0 Å². The first-order valence-electron chi connectivity index (χ1n) is 15.9. The van der Waals surface area contributed by atoms with Crippen LogP contribution in [0.5, 0.6) is 0 Å². The molecule has 0 amide bonds. The van der Waals surface area contributed by atoms with Crippen LogP contribution in [0, 0.1) is 0 Å². The van der Waals surface area contributed by atoms with E-state index in [2.05, 4.69) is 25.3 Å². The molecule has 50 heavy (non-hydrogen) atoms. The average Bonchev–Trinajstić information content (AvgIpc) is 3.73. The van der Waals surface area contributed by atoms with Crippen LogP contribution in [0.1, 0.15) is 39.7 Å². The molecule has 2 N–H and O–H groups in total. The maximum Gasteiger partial charge on any atom is 0.362 e. The van der Waals surface area contributed by atoms with Gasteiger partial charge in [-0.15, -0.1) is 0 Å². The molecule has 1 aliphatic rings. The molecule has 5 aromatic rings. The van der Waals surface area contributed by atoms with Crippen LogP contribution < -0.4 is 10.9 Å². The first kappa shape index (κ1) is 35.3. The van der Waals surface area contributed by atoms with Gasteiger partial charge in [0.2, 0.25) is 5.95 Å². The minimum Gasteiger partial charge on any atom is -0.369 e. The number of aromatic amines is 1. The molecule has 15 heteroatoms. The molecule has 13 nitrogen and oxygen atoms in total. The molecule has 0 saturated carbocycles. The van der Waals surface area contributed by atoms with Crippen LogP contribution in [0.25, 0.3) is 11.2 Å². The van der Waals surface area contributed by atoms with Crippen LogP contribution >= 0.6 is 18.1 Å². The summed E-state index contributed by atoms with van der Waals surface area (Å²) in [5.74, 6) is 0.116. The Labute approximate surface area is 294 Å². The number of hydrogen-bond donors (Lipinski definition) is 2. The minimum absolute atomic E-state index is 0.115. The highest BCUT2D eigenvalue weighted by molar-refractivity contribution is 7.83. The van der Waals surface area contributed by atoms with Gasteiger partial charge in [-0.2, -0.15) is 4.98 Å². The number of aromatic nitrogens is 4. The van der Waals surface area contributed by atoms with Crippen LogP contribution in [0.3, 0.4) is 0 Å². The van der Waals surface area contributed by atoms with Crippen molar-refractivity contribution in [2.45, 2.75) is 30.3 Å². The average molecular weight is 717 g/mol. The lowest BCUT2D eigenvalue weighted by atomic mass is 9.76. The standard InChI is InChI=1S/C35H38ClN8O5P/c1-42(2)22-38-34-39-32-31(33(46)40-34)37-23-44(32)30-19-28(29(49-30)21-48-50(36,47)43(3)4)41-35(25-11-7-5-8-12-25,26-13-9-6-10-14-26)27-17-15-24(20-45)16-18-27/h5-18,20,22-23,28-30,41H,19,21H2,1-4H3,(H,39,40,46)/b38-22-. The fourth-order valence-electron chi connectivity index (χ4n) is 6.06. The number of carbonyl (C=O) groups excluding carboxylic acids is 1. The Hall–Kier alpha value is -4.49. The monoisotopic (exact) mass is 716 g/mol. The van der Waals surface area contributed by atoms with E-state index in [0.29, 0.717) is 17.6 Å². The number of benzene rings is 3. The number of nitrogens with one attached hydrogen (secondary N) is 2. The number of rotatable bonds is 13. The molecule has 0 aliphatic carbocycles. The lowest BCUT2D eigenvalue weighted by Gasteiger charge is -2.40. The molecule has 2 aromatic heterocycles. The van der Waals surface area contributed by atoms with E-state index in [1.54, 1.807) is 35.7 Å². The molecule has 1 fully saturated rings. The maximum atomic E-state index is 13.1. The Morgan fingerprint density at radius 2 is 1.66 bits per heavy atom. The van der Waals surface area contributed by atoms with Crippen molar-refractivity contribution in [3.8, 4) is 0 Å². The molecule has 0 spiro atoms. The molecule has 1 aliphatic heterocycles. The lowest BCUT2D eigenvalue weighted by molar-refractivity contribution is -0.0215. The highest BCUT2D eigenvalue weighted by atomic mass is 35.7. The van der Waals surface area contributed by atoms with Crippen molar-refractivity contribution in [1.29, 1.82) is 0 Å². The van der Waals surface area contributed by atoms with E-state index in [-0.39, 0.29) is 18.1 Å². The predicted molar refractivity (Wildman–Crippen MR) is 193 cm³/mol. The molecule has 1 saturated heterocycles. The predicted octanol–water partition coefficient (Wildman–Crippen LogP) is 5.32. The number of nitrogens with zero attached hydrogens (tertiary/aromatic N) is 6. The third-order valence-electron chi connectivity index (χ3n) is 8.55. The number of imidazole rings is 1. The molecule has 4 atom stereocenters. The van der Waals surface area contributed by atoms with Crippen LogP contribution in [0.4, 0.5) is 5.95 Å². The SMILES string of the molecule is CN(C)/C=N\c1nc2c(ncn2C2CC(NC(c3ccccc3)(c3ccccc3)c3ccc(C=O)cc3)C(COP(=O)(Cl)N(C)C)O2)c(=O)[nH]1. The third kappa shape index (κ3) is 7.20. The van der Waals surface area contributed by atoms with E-state index in [0.717, 1.165) is 23.0 Å². The number of halogens is 1. The van der Waals surface area contributed by atoms with Gasteiger partial charge in [0, 0.05) is 32.1 Å². The number of hydrogen-bond acceptors (Lipinski definition) is 9. The number of aldehydes is 1. The van der Waals surface area contributed by atoms with Crippen LogP contribution in [0.2, 0.25) is 0 Å². The van der Waals surface area contributed by atoms with Crippen molar-refractivity contribution in [2.75, 3.05) is 34.8 Å². The van der Waals surface area contributed by atoms with Crippen LogP contribution in [-0.2, 0) is 19.4 Å². The summed E-state index contributed by atoms with van der Waals surface area (Å²) in [4.78, 5) is 42.2. The van der Waals surface area contributed by atoms with E-state index in [1.165, 1.54) is 17.3 Å². The van der Waals surface area contributed by atoms with E-state index < -0.39 is 36.3 Å². The highest BCUT2D eigenvalue weighted by Gasteiger charge is 2.45. The van der Waals surface area contributed by atoms with E-state index in [9.17, 15) is 14.2 Å². The zero-order chi connectivity index (χ0) is 35.5. The highest BCUT2D eigenvalue weighted by Crippen LogP contribution is 2.54. The van der Waals surface area contributed by atoms with Crippen molar-refractivity contribution >= 4 is 47.8 Å². The Morgan fingerprint density at radius 1 is 1.04 bits per heavy atom. The smallest absolute Gasteiger partial charge is 0.362 e. The zero-order valence-electron chi connectivity index (χ0n) is 28.0. The van der Waals surface area contributed by atoms with Gasteiger partial charge in [0.25, 0.3) is 5.56 Å². The summed E-state index contributed by atoms with van der Waals surface area (Å²) in [6, 6.07) is 27.0. The molecule has 0 bridgehead atoms. The molecular weight excluding hydrogens is 679 g/mol. The van der Waals surface area contributed by atoms with Crippen LogP contribution in [0.15, 0.2) is 101 Å². The van der Waals surface area contributed by atoms with Crippen molar-refractivity contribution in [1.82, 2.24) is 34.4 Å². The van der Waals surface area contributed by atoms with Gasteiger partial charge in [0.1, 0.15) is 12.5 Å².